The van der Waals surface area contributed by atoms with Crippen molar-refractivity contribution in [2.75, 3.05) is 0 Å². The van der Waals surface area contributed by atoms with E-state index >= 15 is 0 Å². The molecule has 0 unspecified atom stereocenters. The number of cyclic esters (lactones) is 1. The Labute approximate surface area is 93.2 Å². The van der Waals surface area contributed by atoms with Gasteiger partial charge in [0.05, 0.1) is 12.0 Å². The smallest absolute Gasteiger partial charge is 0.338 e. The number of hydrogen-bond donors (Lipinski definition) is 0. The largest absolute Gasteiger partial charge is 0.459 e. The van der Waals surface area contributed by atoms with Gasteiger partial charge in [0.15, 0.2) is 0 Å². The molecule has 0 radical (unpaired) electrons. The Bertz CT molecular complexity index is 399. The average molecular weight is 220 g/mol. The molecular weight excluding hydrogens is 208 g/mol. The summed E-state index contributed by atoms with van der Waals surface area (Å²) < 4.78 is 10.1. The molecule has 1 saturated heterocycles. The van der Waals surface area contributed by atoms with Crippen LogP contribution in [0.4, 0.5) is 0 Å². The third kappa shape index (κ3) is 2.21. The Morgan fingerprint density at radius 2 is 2.06 bits per heavy atom. The van der Waals surface area contributed by atoms with Crippen LogP contribution in [0.5, 0.6) is 0 Å². The Kier molecular flexibility index (Phi) is 2.90. The van der Waals surface area contributed by atoms with Gasteiger partial charge >= 0.3 is 11.9 Å². The van der Waals surface area contributed by atoms with Crippen LogP contribution >= 0.6 is 0 Å². The highest BCUT2D eigenvalue weighted by atomic mass is 16.6. The van der Waals surface area contributed by atoms with Crippen molar-refractivity contribution in [3.05, 3.63) is 35.9 Å². The fourth-order valence-electron chi connectivity index (χ4n) is 1.58. The summed E-state index contributed by atoms with van der Waals surface area (Å²) in [7, 11) is 0. The lowest BCUT2D eigenvalue weighted by atomic mass is 10.2. The fraction of sp³-hybridized carbons (Fsp3) is 0.333. The van der Waals surface area contributed by atoms with Gasteiger partial charge in [-0.2, -0.15) is 0 Å². The van der Waals surface area contributed by atoms with Gasteiger partial charge in [0.2, 0.25) is 0 Å². The maximum absolute atomic E-state index is 11.7. The highest BCUT2D eigenvalue weighted by molar-refractivity contribution is 5.89. The molecular formula is C12H12O4. The third-order valence-electron chi connectivity index (χ3n) is 2.48. The summed E-state index contributed by atoms with van der Waals surface area (Å²) in [6.07, 6.45) is -0.694. The number of carbonyl (C=O) groups excluding carboxylic acids is 2. The molecule has 2 atom stereocenters. The lowest BCUT2D eigenvalue weighted by molar-refractivity contribution is -0.141. The van der Waals surface area contributed by atoms with E-state index in [1.165, 1.54) is 0 Å². The standard InChI is InChI=1S/C12H12O4/c1-8-10(7-11(13)15-8)16-12(14)9-5-3-2-4-6-9/h2-6,8,10H,7H2,1H3/t8-,10+/m0/s1. The predicted molar refractivity (Wildman–Crippen MR) is 55.8 cm³/mol. The molecule has 0 aromatic heterocycles. The molecule has 0 aliphatic carbocycles. The van der Waals surface area contributed by atoms with E-state index in [0.717, 1.165) is 0 Å². The molecule has 0 amide bonds. The molecule has 2 rings (SSSR count). The minimum absolute atomic E-state index is 0.139. The summed E-state index contributed by atoms with van der Waals surface area (Å²) in [5, 5.41) is 0. The molecule has 0 spiro atoms. The molecule has 1 aliphatic rings. The third-order valence-corrected chi connectivity index (χ3v) is 2.48. The van der Waals surface area contributed by atoms with E-state index in [4.69, 9.17) is 9.47 Å². The Morgan fingerprint density at radius 3 is 2.62 bits per heavy atom. The van der Waals surface area contributed by atoms with Gasteiger partial charge in [-0.25, -0.2) is 4.79 Å². The Morgan fingerprint density at radius 1 is 1.38 bits per heavy atom. The van der Waals surface area contributed by atoms with Gasteiger partial charge in [-0.05, 0) is 19.1 Å². The summed E-state index contributed by atoms with van der Waals surface area (Å²) in [6, 6.07) is 8.68. The van der Waals surface area contributed by atoms with E-state index in [9.17, 15) is 9.59 Å². The second kappa shape index (κ2) is 4.35. The van der Waals surface area contributed by atoms with Gasteiger partial charge in [0, 0.05) is 0 Å². The van der Waals surface area contributed by atoms with Crippen LogP contribution in [-0.2, 0) is 14.3 Å². The predicted octanol–water partition coefficient (Wildman–Crippen LogP) is 1.55. The number of esters is 2. The zero-order valence-electron chi connectivity index (χ0n) is 8.88. The van der Waals surface area contributed by atoms with Crippen LogP contribution in [0.3, 0.4) is 0 Å². The second-order valence-electron chi connectivity index (χ2n) is 3.71. The molecule has 16 heavy (non-hydrogen) atoms. The number of ether oxygens (including phenoxy) is 2. The average Bonchev–Trinajstić information content (AvgIpc) is 2.59. The summed E-state index contributed by atoms with van der Waals surface area (Å²) in [5.41, 5.74) is 0.481. The van der Waals surface area contributed by atoms with Crippen molar-refractivity contribution >= 4 is 11.9 Å². The lowest BCUT2D eigenvalue weighted by Crippen LogP contribution is -2.24. The van der Waals surface area contributed by atoms with E-state index < -0.39 is 12.1 Å². The van der Waals surface area contributed by atoms with Crippen LogP contribution in [0.1, 0.15) is 23.7 Å². The molecule has 1 aromatic carbocycles. The zero-order valence-corrected chi connectivity index (χ0v) is 8.88. The topological polar surface area (TPSA) is 52.6 Å². The van der Waals surface area contributed by atoms with Gasteiger partial charge in [-0.1, -0.05) is 18.2 Å². The Balaban J connectivity index is 2.01. The second-order valence-corrected chi connectivity index (χ2v) is 3.71. The Hall–Kier alpha value is -1.84. The highest BCUT2D eigenvalue weighted by Gasteiger charge is 2.34. The zero-order chi connectivity index (χ0) is 11.5. The van der Waals surface area contributed by atoms with E-state index in [-0.39, 0.29) is 18.5 Å². The minimum Gasteiger partial charge on any atom is -0.459 e. The quantitative estimate of drug-likeness (QED) is 0.709. The summed E-state index contributed by atoms with van der Waals surface area (Å²) in [6.45, 7) is 1.72. The number of rotatable bonds is 2. The first-order chi connectivity index (χ1) is 7.66. The minimum atomic E-state index is -0.472. The van der Waals surface area contributed by atoms with Crippen molar-refractivity contribution in [3.8, 4) is 0 Å². The number of hydrogen-bond acceptors (Lipinski definition) is 4. The van der Waals surface area contributed by atoms with Gasteiger partial charge < -0.3 is 9.47 Å². The number of carbonyl (C=O) groups is 2. The van der Waals surface area contributed by atoms with Crippen molar-refractivity contribution in [3.63, 3.8) is 0 Å². The summed E-state index contributed by atoms with van der Waals surface area (Å²) >= 11 is 0. The summed E-state index contributed by atoms with van der Waals surface area (Å²) in [4.78, 5) is 22.6. The molecule has 4 heteroatoms. The maximum Gasteiger partial charge on any atom is 0.338 e. The monoisotopic (exact) mass is 220 g/mol. The lowest BCUT2D eigenvalue weighted by Gasteiger charge is -2.13. The summed E-state index contributed by atoms with van der Waals surface area (Å²) in [5.74, 6) is -0.742. The van der Waals surface area contributed by atoms with Crippen molar-refractivity contribution in [1.82, 2.24) is 0 Å². The van der Waals surface area contributed by atoms with E-state index in [1.54, 1.807) is 31.2 Å². The van der Waals surface area contributed by atoms with E-state index in [1.807, 2.05) is 6.07 Å². The molecule has 1 aliphatic heterocycles. The molecule has 1 fully saturated rings. The van der Waals surface area contributed by atoms with Gasteiger partial charge in [-0.3, -0.25) is 4.79 Å². The SMILES string of the molecule is C[C@@H]1OC(=O)C[C@H]1OC(=O)c1ccccc1. The van der Waals surface area contributed by atoms with Gasteiger partial charge in [0.1, 0.15) is 12.2 Å². The molecule has 1 aromatic rings. The molecule has 84 valence electrons. The number of benzene rings is 1. The fourth-order valence-corrected chi connectivity index (χ4v) is 1.58. The van der Waals surface area contributed by atoms with Crippen molar-refractivity contribution in [2.24, 2.45) is 0 Å². The first kappa shape index (κ1) is 10.7. The van der Waals surface area contributed by atoms with Crippen molar-refractivity contribution < 1.29 is 19.1 Å². The molecule has 0 bridgehead atoms. The van der Waals surface area contributed by atoms with E-state index in [2.05, 4.69) is 0 Å². The molecule has 0 saturated carbocycles. The van der Waals surface area contributed by atoms with Crippen molar-refractivity contribution in [1.29, 1.82) is 0 Å². The van der Waals surface area contributed by atoms with E-state index in [0.29, 0.717) is 5.56 Å². The molecule has 1 heterocycles. The van der Waals surface area contributed by atoms with Crippen LogP contribution in [0.15, 0.2) is 30.3 Å². The van der Waals surface area contributed by atoms with Crippen LogP contribution in [0.25, 0.3) is 0 Å². The normalized spacial score (nSPS) is 23.9. The van der Waals surface area contributed by atoms with Gasteiger partial charge in [-0.15, -0.1) is 0 Å². The van der Waals surface area contributed by atoms with Crippen LogP contribution in [-0.4, -0.2) is 24.1 Å². The molecule has 0 N–H and O–H groups in total. The van der Waals surface area contributed by atoms with Crippen molar-refractivity contribution in [2.45, 2.75) is 25.6 Å². The van der Waals surface area contributed by atoms with Crippen LogP contribution < -0.4 is 0 Å². The highest BCUT2D eigenvalue weighted by Crippen LogP contribution is 2.19. The first-order valence-electron chi connectivity index (χ1n) is 5.12. The van der Waals surface area contributed by atoms with Crippen LogP contribution in [0, 0.1) is 0 Å². The molecule has 4 nitrogen and oxygen atoms in total. The maximum atomic E-state index is 11.7. The first-order valence-corrected chi connectivity index (χ1v) is 5.12. The van der Waals surface area contributed by atoms with Gasteiger partial charge in [0.25, 0.3) is 0 Å². The van der Waals surface area contributed by atoms with Crippen LogP contribution in [0.2, 0.25) is 0 Å².